The molecule has 1 amide bonds. The molecule has 7 heteroatoms. The van der Waals surface area contributed by atoms with E-state index in [1.54, 1.807) is 36.1 Å². The predicted octanol–water partition coefficient (Wildman–Crippen LogP) is 3.82. The SMILES string of the molecule is CCOc1ccc([C@@H](NC(=O)c2ccc(OC)cc2)n2nnc3ccccc32)cc1. The minimum Gasteiger partial charge on any atom is -0.497 e. The van der Waals surface area contributed by atoms with E-state index in [0.717, 1.165) is 22.3 Å². The van der Waals surface area contributed by atoms with Crippen molar-refractivity contribution < 1.29 is 14.3 Å². The van der Waals surface area contributed by atoms with Crippen LogP contribution in [0.5, 0.6) is 11.5 Å². The minimum atomic E-state index is -0.539. The van der Waals surface area contributed by atoms with E-state index in [1.807, 2.05) is 55.5 Å². The Balaban J connectivity index is 1.70. The van der Waals surface area contributed by atoms with Gasteiger partial charge in [-0.1, -0.05) is 29.5 Å². The number of aromatic nitrogens is 3. The van der Waals surface area contributed by atoms with Crippen molar-refractivity contribution in [3.05, 3.63) is 83.9 Å². The molecule has 0 radical (unpaired) electrons. The fourth-order valence-corrected chi connectivity index (χ4v) is 3.23. The molecule has 1 atom stereocenters. The zero-order valence-corrected chi connectivity index (χ0v) is 16.8. The van der Waals surface area contributed by atoms with Crippen LogP contribution in [0.3, 0.4) is 0 Å². The highest BCUT2D eigenvalue weighted by Gasteiger charge is 2.21. The van der Waals surface area contributed by atoms with Crippen LogP contribution >= 0.6 is 0 Å². The number of rotatable bonds is 7. The van der Waals surface area contributed by atoms with Gasteiger partial charge in [0, 0.05) is 5.56 Å². The lowest BCUT2D eigenvalue weighted by atomic mass is 10.1. The molecular weight excluding hydrogens is 380 g/mol. The Kier molecular flexibility index (Phi) is 5.61. The Labute approximate surface area is 174 Å². The third kappa shape index (κ3) is 3.96. The zero-order valence-electron chi connectivity index (χ0n) is 16.8. The van der Waals surface area contributed by atoms with Crippen molar-refractivity contribution in [3.8, 4) is 11.5 Å². The van der Waals surface area contributed by atoms with Crippen molar-refractivity contribution in [2.24, 2.45) is 0 Å². The largest absolute Gasteiger partial charge is 0.497 e. The van der Waals surface area contributed by atoms with Crippen molar-refractivity contribution in [2.45, 2.75) is 13.1 Å². The molecule has 0 bridgehead atoms. The molecule has 0 spiro atoms. The number of hydrogen-bond donors (Lipinski definition) is 1. The third-order valence-corrected chi connectivity index (χ3v) is 4.75. The fraction of sp³-hybridized carbons (Fsp3) is 0.174. The Hall–Kier alpha value is -3.87. The second-order valence-corrected chi connectivity index (χ2v) is 6.63. The highest BCUT2D eigenvalue weighted by molar-refractivity contribution is 5.94. The number of amides is 1. The van der Waals surface area contributed by atoms with Crippen LogP contribution in [0, 0.1) is 0 Å². The van der Waals surface area contributed by atoms with E-state index in [1.165, 1.54) is 0 Å². The van der Waals surface area contributed by atoms with Crippen LogP contribution in [-0.4, -0.2) is 34.6 Å². The first kappa shape index (κ1) is 19.4. The number of methoxy groups -OCH3 is 1. The van der Waals surface area contributed by atoms with Gasteiger partial charge in [-0.3, -0.25) is 4.79 Å². The second-order valence-electron chi connectivity index (χ2n) is 6.63. The molecule has 4 rings (SSSR count). The fourth-order valence-electron chi connectivity index (χ4n) is 3.23. The highest BCUT2D eigenvalue weighted by Crippen LogP contribution is 2.23. The van der Waals surface area contributed by atoms with E-state index in [0.29, 0.717) is 17.9 Å². The molecule has 3 aromatic carbocycles. The highest BCUT2D eigenvalue weighted by atomic mass is 16.5. The summed E-state index contributed by atoms with van der Waals surface area (Å²) in [7, 11) is 1.59. The van der Waals surface area contributed by atoms with Gasteiger partial charge in [-0.2, -0.15) is 0 Å². The number of fused-ring (bicyclic) bond motifs is 1. The average molecular weight is 402 g/mol. The van der Waals surface area contributed by atoms with Crippen LogP contribution in [-0.2, 0) is 0 Å². The first-order valence-corrected chi connectivity index (χ1v) is 9.67. The summed E-state index contributed by atoms with van der Waals surface area (Å²) in [5, 5.41) is 11.6. The van der Waals surface area contributed by atoms with Gasteiger partial charge in [0.1, 0.15) is 17.0 Å². The summed E-state index contributed by atoms with van der Waals surface area (Å²) in [6.45, 7) is 2.53. The maximum Gasteiger partial charge on any atom is 0.253 e. The second kappa shape index (κ2) is 8.65. The number of hydrogen-bond acceptors (Lipinski definition) is 5. The number of nitrogens with zero attached hydrogens (tertiary/aromatic N) is 3. The first-order chi connectivity index (χ1) is 14.7. The molecule has 0 saturated carbocycles. The van der Waals surface area contributed by atoms with E-state index in [4.69, 9.17) is 9.47 Å². The van der Waals surface area contributed by atoms with E-state index < -0.39 is 6.17 Å². The van der Waals surface area contributed by atoms with Gasteiger partial charge in [0.2, 0.25) is 0 Å². The molecule has 152 valence electrons. The monoisotopic (exact) mass is 402 g/mol. The molecule has 0 fully saturated rings. The Morgan fingerprint density at radius 3 is 2.40 bits per heavy atom. The number of benzene rings is 3. The number of nitrogens with one attached hydrogen (secondary N) is 1. The topological polar surface area (TPSA) is 78.3 Å². The van der Waals surface area contributed by atoms with Crippen molar-refractivity contribution in [2.75, 3.05) is 13.7 Å². The minimum absolute atomic E-state index is 0.226. The average Bonchev–Trinajstić information content (AvgIpc) is 3.22. The molecular formula is C23H22N4O3. The van der Waals surface area contributed by atoms with Gasteiger partial charge in [0.15, 0.2) is 6.17 Å². The summed E-state index contributed by atoms with van der Waals surface area (Å²) in [6.07, 6.45) is -0.539. The smallest absolute Gasteiger partial charge is 0.253 e. The lowest BCUT2D eigenvalue weighted by Gasteiger charge is -2.20. The van der Waals surface area contributed by atoms with Crippen molar-refractivity contribution in [1.82, 2.24) is 20.3 Å². The van der Waals surface area contributed by atoms with Gasteiger partial charge < -0.3 is 14.8 Å². The molecule has 1 N–H and O–H groups in total. The van der Waals surface area contributed by atoms with Crippen molar-refractivity contribution in [3.63, 3.8) is 0 Å². The van der Waals surface area contributed by atoms with E-state index in [2.05, 4.69) is 15.6 Å². The summed E-state index contributed by atoms with van der Waals surface area (Å²) < 4.78 is 12.4. The molecule has 0 aliphatic carbocycles. The molecule has 0 aliphatic heterocycles. The number of carbonyl (C=O) groups excluding carboxylic acids is 1. The van der Waals surface area contributed by atoms with Crippen LogP contribution in [0.25, 0.3) is 11.0 Å². The van der Waals surface area contributed by atoms with Crippen LogP contribution in [0.2, 0.25) is 0 Å². The van der Waals surface area contributed by atoms with Gasteiger partial charge >= 0.3 is 0 Å². The van der Waals surface area contributed by atoms with Gasteiger partial charge in [-0.05, 0) is 61.0 Å². The summed E-state index contributed by atoms with van der Waals surface area (Å²) in [5.41, 5.74) is 2.96. The lowest BCUT2D eigenvalue weighted by Crippen LogP contribution is -2.33. The van der Waals surface area contributed by atoms with E-state index in [9.17, 15) is 4.79 Å². The third-order valence-electron chi connectivity index (χ3n) is 4.75. The molecule has 0 saturated heterocycles. The van der Waals surface area contributed by atoms with Crippen molar-refractivity contribution in [1.29, 1.82) is 0 Å². The summed E-state index contributed by atoms with van der Waals surface area (Å²) in [4.78, 5) is 13.0. The van der Waals surface area contributed by atoms with E-state index >= 15 is 0 Å². The summed E-state index contributed by atoms with van der Waals surface area (Å²) in [6, 6.07) is 22.2. The molecule has 1 aromatic heterocycles. The van der Waals surface area contributed by atoms with Crippen LogP contribution < -0.4 is 14.8 Å². The van der Waals surface area contributed by atoms with Gasteiger partial charge in [0.05, 0.1) is 19.2 Å². The normalized spacial score (nSPS) is 11.8. The maximum atomic E-state index is 13.0. The molecule has 0 aliphatic rings. The number of ether oxygens (including phenoxy) is 2. The van der Waals surface area contributed by atoms with Gasteiger partial charge in [-0.15, -0.1) is 5.10 Å². The zero-order chi connectivity index (χ0) is 20.9. The predicted molar refractivity (Wildman–Crippen MR) is 114 cm³/mol. The molecule has 1 heterocycles. The Morgan fingerprint density at radius 1 is 1.00 bits per heavy atom. The Bertz CT molecular complexity index is 1140. The molecule has 7 nitrogen and oxygen atoms in total. The summed E-state index contributed by atoms with van der Waals surface area (Å²) in [5.74, 6) is 1.23. The molecule has 4 aromatic rings. The lowest BCUT2D eigenvalue weighted by molar-refractivity contribution is 0.0927. The number of carbonyl (C=O) groups is 1. The van der Waals surface area contributed by atoms with Gasteiger partial charge in [-0.25, -0.2) is 4.68 Å². The quantitative estimate of drug-likeness (QED) is 0.509. The Morgan fingerprint density at radius 2 is 1.70 bits per heavy atom. The van der Waals surface area contributed by atoms with Crippen LogP contribution in [0.4, 0.5) is 0 Å². The first-order valence-electron chi connectivity index (χ1n) is 9.67. The summed E-state index contributed by atoms with van der Waals surface area (Å²) >= 11 is 0. The molecule has 30 heavy (non-hydrogen) atoms. The maximum absolute atomic E-state index is 13.0. The number of para-hydroxylation sites is 1. The van der Waals surface area contributed by atoms with Crippen LogP contribution in [0.1, 0.15) is 29.0 Å². The van der Waals surface area contributed by atoms with E-state index in [-0.39, 0.29) is 5.91 Å². The molecule has 0 unspecified atom stereocenters. The van der Waals surface area contributed by atoms with Gasteiger partial charge in [0.25, 0.3) is 5.91 Å². The van der Waals surface area contributed by atoms with Crippen molar-refractivity contribution >= 4 is 16.9 Å². The standard InChI is InChI=1S/C23H22N4O3/c1-3-30-19-14-8-16(9-15-19)22(27-21-7-5-4-6-20(21)25-26-27)24-23(28)17-10-12-18(29-2)13-11-17/h4-15,22H,3H2,1-2H3,(H,24,28)/t22-/m0/s1. The van der Waals surface area contributed by atoms with Crippen LogP contribution in [0.15, 0.2) is 72.8 Å².